The summed E-state index contributed by atoms with van der Waals surface area (Å²) in [7, 11) is -4.32. The number of phosphoric acid groups is 1. The van der Waals surface area contributed by atoms with Crippen molar-refractivity contribution in [1.82, 2.24) is 5.32 Å². The molecule has 0 aromatic rings. The summed E-state index contributed by atoms with van der Waals surface area (Å²) in [5.41, 5.74) is 5.34. The zero-order valence-corrected chi connectivity index (χ0v) is 29.6. The Labute approximate surface area is 271 Å². The molecule has 0 saturated heterocycles. The van der Waals surface area contributed by atoms with Gasteiger partial charge in [-0.2, -0.15) is 0 Å². The first-order valence-corrected chi connectivity index (χ1v) is 19.8. The minimum atomic E-state index is -4.32. The predicted molar refractivity (Wildman–Crippen MR) is 185 cm³/mol. The Morgan fingerprint density at radius 2 is 1.16 bits per heavy atom. The van der Waals surface area contributed by atoms with E-state index in [0.29, 0.717) is 6.42 Å². The van der Waals surface area contributed by atoms with Crippen molar-refractivity contribution in [2.75, 3.05) is 19.8 Å². The highest BCUT2D eigenvalue weighted by molar-refractivity contribution is 7.47. The quantitative estimate of drug-likeness (QED) is 0.0311. The third kappa shape index (κ3) is 29.9. The number of aliphatic hydroxyl groups excluding tert-OH is 1. The molecule has 1 amide bonds. The van der Waals surface area contributed by atoms with E-state index in [9.17, 15) is 19.4 Å². The van der Waals surface area contributed by atoms with Crippen LogP contribution in [0.1, 0.15) is 174 Å². The molecule has 0 saturated carbocycles. The first-order chi connectivity index (χ1) is 21.4. The van der Waals surface area contributed by atoms with E-state index in [4.69, 9.17) is 14.8 Å². The lowest BCUT2D eigenvalue weighted by Crippen LogP contribution is -2.45. The molecular weight excluding hydrogens is 575 g/mol. The van der Waals surface area contributed by atoms with Crippen LogP contribution in [-0.2, 0) is 18.4 Å². The molecular formula is C35H71N2O6P. The summed E-state index contributed by atoms with van der Waals surface area (Å²) in [5.74, 6) is -0.197. The summed E-state index contributed by atoms with van der Waals surface area (Å²) in [4.78, 5) is 22.5. The van der Waals surface area contributed by atoms with Gasteiger partial charge in [0, 0.05) is 13.0 Å². The van der Waals surface area contributed by atoms with Crippen LogP contribution in [0.15, 0.2) is 12.2 Å². The highest BCUT2D eigenvalue weighted by atomic mass is 31.2. The van der Waals surface area contributed by atoms with Gasteiger partial charge >= 0.3 is 7.82 Å². The van der Waals surface area contributed by atoms with E-state index in [2.05, 4.69) is 19.2 Å². The predicted octanol–water partition coefficient (Wildman–Crippen LogP) is 9.27. The van der Waals surface area contributed by atoms with Gasteiger partial charge in [-0.1, -0.05) is 161 Å². The highest BCUT2D eigenvalue weighted by Gasteiger charge is 2.26. The smallest absolute Gasteiger partial charge is 0.387 e. The van der Waals surface area contributed by atoms with Crippen molar-refractivity contribution >= 4 is 13.7 Å². The average Bonchev–Trinajstić information content (AvgIpc) is 3.01. The molecule has 0 aliphatic rings. The number of hydrogen-bond acceptors (Lipinski definition) is 6. The lowest BCUT2D eigenvalue weighted by Gasteiger charge is -2.23. The van der Waals surface area contributed by atoms with E-state index in [1.807, 2.05) is 6.08 Å². The van der Waals surface area contributed by atoms with Crippen LogP contribution in [0.5, 0.6) is 0 Å². The largest absolute Gasteiger partial charge is 0.472 e. The topological polar surface area (TPSA) is 131 Å². The fraction of sp³-hybridized carbons (Fsp3) is 0.914. The van der Waals surface area contributed by atoms with Gasteiger partial charge < -0.3 is 21.1 Å². The maximum atomic E-state index is 12.6. The third-order valence-corrected chi connectivity index (χ3v) is 9.10. The third-order valence-electron chi connectivity index (χ3n) is 8.11. The number of phosphoric ester groups is 1. The van der Waals surface area contributed by atoms with Crippen LogP contribution in [0.25, 0.3) is 0 Å². The van der Waals surface area contributed by atoms with Gasteiger partial charge in [-0.3, -0.25) is 13.8 Å². The van der Waals surface area contributed by atoms with E-state index < -0.39 is 20.0 Å². The lowest BCUT2D eigenvalue weighted by atomic mass is 10.0. The Morgan fingerprint density at radius 3 is 1.61 bits per heavy atom. The van der Waals surface area contributed by atoms with Crippen LogP contribution in [-0.4, -0.2) is 47.8 Å². The zero-order chi connectivity index (χ0) is 32.6. The molecule has 0 radical (unpaired) electrons. The molecule has 44 heavy (non-hydrogen) atoms. The first-order valence-electron chi connectivity index (χ1n) is 18.3. The molecule has 262 valence electrons. The number of aliphatic hydroxyl groups is 1. The Hall–Kier alpha value is -0.760. The monoisotopic (exact) mass is 647 g/mol. The molecule has 0 aromatic heterocycles. The van der Waals surface area contributed by atoms with Gasteiger partial charge in [-0.05, 0) is 19.3 Å². The summed E-state index contributed by atoms with van der Waals surface area (Å²) >= 11 is 0. The second-order valence-electron chi connectivity index (χ2n) is 12.4. The van der Waals surface area contributed by atoms with Gasteiger partial charge in [-0.25, -0.2) is 4.57 Å². The van der Waals surface area contributed by atoms with Gasteiger partial charge in [0.25, 0.3) is 0 Å². The van der Waals surface area contributed by atoms with E-state index >= 15 is 0 Å². The highest BCUT2D eigenvalue weighted by Crippen LogP contribution is 2.43. The number of rotatable bonds is 34. The second-order valence-corrected chi connectivity index (χ2v) is 13.9. The van der Waals surface area contributed by atoms with E-state index in [1.54, 1.807) is 6.08 Å². The molecule has 0 rings (SSSR count). The molecule has 0 aliphatic heterocycles. The van der Waals surface area contributed by atoms with Crippen molar-refractivity contribution in [2.24, 2.45) is 5.73 Å². The summed E-state index contributed by atoms with van der Waals surface area (Å²) < 4.78 is 22.0. The number of allylic oxidation sites excluding steroid dienone is 1. The number of hydrogen-bond donors (Lipinski definition) is 4. The number of nitrogens with one attached hydrogen (secondary N) is 1. The number of carbonyl (C=O) groups excluding carboxylic acids is 1. The van der Waals surface area contributed by atoms with Crippen molar-refractivity contribution in [2.45, 2.75) is 187 Å². The second kappa shape index (κ2) is 32.2. The van der Waals surface area contributed by atoms with Gasteiger partial charge in [0.2, 0.25) is 5.91 Å². The standard InChI is InChI=1S/C35H71N2O6P/c1-3-5-7-9-11-13-15-16-17-18-19-20-22-24-26-28-34(38)33(32-43-44(40,41)42-31-30-36)37-35(39)29-27-25-23-21-14-12-10-8-6-4-2/h26,28,33-34,38H,3-25,27,29-32,36H2,1-2H3,(H,37,39)(H,40,41)/b28-26+/t33-,34+/m0/s1. The molecule has 5 N–H and O–H groups in total. The normalized spacial score (nSPS) is 14.6. The summed E-state index contributed by atoms with van der Waals surface area (Å²) in [6.45, 7) is 4.11. The SMILES string of the molecule is CCCCCCCCCCCCCCC/C=C/[C@@H](O)[C@H](COP(=O)(O)OCCN)NC(=O)CCCCCCCCCCCC. The fourth-order valence-electron chi connectivity index (χ4n) is 5.31. The average molecular weight is 647 g/mol. The number of amides is 1. The molecule has 0 fully saturated rings. The van der Waals surface area contributed by atoms with Crippen LogP contribution in [0.3, 0.4) is 0 Å². The van der Waals surface area contributed by atoms with Crippen molar-refractivity contribution < 1.29 is 28.4 Å². The van der Waals surface area contributed by atoms with E-state index in [0.717, 1.165) is 38.5 Å². The van der Waals surface area contributed by atoms with Gasteiger partial charge in [0.05, 0.1) is 25.4 Å². The Kier molecular flexibility index (Phi) is 31.6. The van der Waals surface area contributed by atoms with Gasteiger partial charge in [-0.15, -0.1) is 0 Å². The first kappa shape index (κ1) is 43.2. The number of unbranched alkanes of at least 4 members (excludes halogenated alkanes) is 22. The summed E-state index contributed by atoms with van der Waals surface area (Å²) in [5, 5.41) is 13.6. The van der Waals surface area contributed by atoms with Gasteiger partial charge in [0.1, 0.15) is 0 Å². The summed E-state index contributed by atoms with van der Waals surface area (Å²) in [6.07, 6.45) is 32.5. The Bertz CT molecular complexity index is 709. The van der Waals surface area contributed by atoms with Crippen LogP contribution >= 0.6 is 7.82 Å². The zero-order valence-electron chi connectivity index (χ0n) is 28.7. The van der Waals surface area contributed by atoms with E-state index in [1.165, 1.54) is 116 Å². The molecule has 0 bridgehead atoms. The van der Waals surface area contributed by atoms with Crippen LogP contribution < -0.4 is 11.1 Å². The molecule has 0 aliphatic carbocycles. The number of nitrogens with two attached hydrogens (primary N) is 1. The van der Waals surface area contributed by atoms with Crippen molar-refractivity contribution in [3.63, 3.8) is 0 Å². The van der Waals surface area contributed by atoms with Crippen LogP contribution in [0.2, 0.25) is 0 Å². The van der Waals surface area contributed by atoms with Crippen molar-refractivity contribution in [3.05, 3.63) is 12.2 Å². The van der Waals surface area contributed by atoms with E-state index in [-0.39, 0.29) is 25.7 Å². The fourth-order valence-corrected chi connectivity index (χ4v) is 6.07. The molecule has 0 heterocycles. The maximum Gasteiger partial charge on any atom is 0.472 e. The maximum absolute atomic E-state index is 12.6. The van der Waals surface area contributed by atoms with Gasteiger partial charge in [0.15, 0.2) is 0 Å². The Morgan fingerprint density at radius 1 is 0.727 bits per heavy atom. The minimum Gasteiger partial charge on any atom is -0.387 e. The minimum absolute atomic E-state index is 0.0808. The molecule has 9 heteroatoms. The molecule has 0 aromatic carbocycles. The van der Waals surface area contributed by atoms with Crippen LogP contribution in [0, 0.1) is 0 Å². The van der Waals surface area contributed by atoms with Crippen LogP contribution in [0.4, 0.5) is 0 Å². The summed E-state index contributed by atoms with van der Waals surface area (Å²) in [6, 6.07) is -0.851. The molecule has 3 atom stereocenters. The lowest BCUT2D eigenvalue weighted by molar-refractivity contribution is -0.123. The molecule has 0 spiro atoms. The van der Waals surface area contributed by atoms with Crippen molar-refractivity contribution in [3.8, 4) is 0 Å². The molecule has 1 unspecified atom stereocenters. The Balaban J connectivity index is 4.32. The van der Waals surface area contributed by atoms with Crippen molar-refractivity contribution in [1.29, 1.82) is 0 Å². The molecule has 8 nitrogen and oxygen atoms in total. The number of carbonyl (C=O) groups is 1.